The van der Waals surface area contributed by atoms with E-state index in [1.54, 1.807) is 12.7 Å². The summed E-state index contributed by atoms with van der Waals surface area (Å²) in [5, 5.41) is 55.7. The molecule has 11 aliphatic carbocycles. The Bertz CT molecular complexity index is 2970. The van der Waals surface area contributed by atoms with Gasteiger partial charge in [0.1, 0.15) is 0 Å². The molecule has 20 atom stereocenters. The van der Waals surface area contributed by atoms with Crippen molar-refractivity contribution in [3.05, 3.63) is 82.4 Å². The molecule has 0 amide bonds. The summed E-state index contributed by atoms with van der Waals surface area (Å²) < 4.78 is 12.9. The van der Waals surface area contributed by atoms with E-state index in [0.717, 1.165) is 101 Å². The van der Waals surface area contributed by atoms with E-state index in [-0.39, 0.29) is 58.4 Å². The van der Waals surface area contributed by atoms with E-state index < -0.39 is 51.0 Å². The number of aliphatic carboxylic acids is 1. The summed E-state index contributed by atoms with van der Waals surface area (Å²) in [6.45, 7) is 10.3. The molecule has 3 aromatic carbocycles. The average Bonchev–Trinajstić information content (AvgIpc) is 4.09. The third kappa shape index (κ3) is 5.47. The molecular formula is C69H88O7. The fourth-order valence-corrected chi connectivity index (χ4v) is 25.7. The van der Waals surface area contributed by atoms with Crippen LogP contribution in [0.5, 0.6) is 0 Å². The molecule has 7 nitrogen and oxygen atoms in total. The van der Waals surface area contributed by atoms with Crippen molar-refractivity contribution in [1.82, 2.24) is 0 Å². The summed E-state index contributed by atoms with van der Waals surface area (Å²) >= 11 is 0. The molecule has 9 fully saturated rings. The first-order valence-electron chi connectivity index (χ1n) is 31.1. The quantitative estimate of drug-likeness (QED) is 0.150. The van der Waals surface area contributed by atoms with Crippen LogP contribution in [0.1, 0.15) is 190 Å². The molecule has 0 unspecified atom stereocenters. The minimum absolute atomic E-state index is 0.0385. The van der Waals surface area contributed by atoms with E-state index >= 15 is 0 Å². The molecule has 0 radical (unpaired) electrons. The van der Waals surface area contributed by atoms with Gasteiger partial charge in [0.15, 0.2) is 5.79 Å². The number of benzene rings is 3. The molecule has 5 spiro atoms. The molecule has 1 aliphatic heterocycles. The number of carbonyl (C=O) groups is 1. The van der Waals surface area contributed by atoms with Gasteiger partial charge in [-0.25, -0.2) is 0 Å². The summed E-state index contributed by atoms with van der Waals surface area (Å²) in [5.74, 6) is 9.48. The van der Waals surface area contributed by atoms with Gasteiger partial charge in [0.2, 0.25) is 0 Å². The van der Waals surface area contributed by atoms with Crippen LogP contribution in [-0.4, -0.2) is 64.7 Å². The van der Waals surface area contributed by atoms with E-state index in [1.165, 1.54) is 66.0 Å². The lowest BCUT2D eigenvalue weighted by Gasteiger charge is -2.89. The number of aliphatic hydroxyl groups excluding tert-OH is 2. The number of hydrogen-bond acceptors (Lipinski definition) is 6. The lowest BCUT2D eigenvalue weighted by Crippen LogP contribution is -2.87. The second-order valence-corrected chi connectivity index (χ2v) is 29.7. The minimum Gasteiger partial charge on any atom is -0.481 e. The van der Waals surface area contributed by atoms with Gasteiger partial charge in [0.25, 0.3) is 0 Å². The second-order valence-electron chi connectivity index (χ2n) is 29.7. The Hall–Kier alpha value is -3.25. The Morgan fingerprint density at radius 2 is 1.63 bits per heavy atom. The fourth-order valence-electron chi connectivity index (χ4n) is 25.7. The van der Waals surface area contributed by atoms with Crippen molar-refractivity contribution in [2.75, 3.05) is 20.3 Å². The lowest BCUT2D eigenvalue weighted by atomic mass is 9.13. The third-order valence-electron chi connectivity index (χ3n) is 28.2. The first-order chi connectivity index (χ1) is 36.6. The lowest BCUT2D eigenvalue weighted by molar-refractivity contribution is -0.396. The number of carboxylic acid groups (broad SMARTS) is 1. The molecule has 76 heavy (non-hydrogen) atoms. The fraction of sp³-hybridized carbons (Fsp3) is 0.725. The number of carboxylic acids is 1. The van der Waals surface area contributed by atoms with Gasteiger partial charge in [-0.05, 0) is 212 Å². The van der Waals surface area contributed by atoms with Crippen molar-refractivity contribution in [3.63, 3.8) is 0 Å². The topological polar surface area (TPSA) is 116 Å². The van der Waals surface area contributed by atoms with E-state index in [0.29, 0.717) is 37.7 Å². The molecule has 1 saturated heterocycles. The van der Waals surface area contributed by atoms with Crippen LogP contribution in [-0.2, 0) is 38.9 Å². The highest BCUT2D eigenvalue weighted by Gasteiger charge is 2.93. The zero-order valence-corrected chi connectivity index (χ0v) is 46.7. The van der Waals surface area contributed by atoms with Gasteiger partial charge in [-0.1, -0.05) is 107 Å². The Kier molecular flexibility index (Phi) is 10.6. The standard InChI is InChI=1S/C69H88O7/c1-6-10-52-66-33-32-64-26-9-14-45(48-22-20-44-11-7-13-47(44)36-48)24-27-67-58-57(61(3,59(72)73)30-28-60(58,2)29-31-62(64,67)4)51-38-63(67)40-65(64,37-49-23-21-46-12-8-15-50(51)55(46)56(49)63)68(66,41-70)53(71)39-69(52,74)76-54(66)35-43-18-16-42(17-19-43)25-34-75-5/h8,12,15-19,21,23,44-45,47-48,51-54,57-58,70-71,74H,6-7,10-11,13-14,20,22,24-25,27-41H2,1-5H3,(H,72,73)/t44-,45-,47+,48+,51-,52+,53-,54-,57-,58+,60+,61+,62+,63-,64+,65+,66+,67-,68-,69-/m0/s1. The molecule has 15 rings (SSSR count). The van der Waals surface area contributed by atoms with Gasteiger partial charge >= 0.3 is 5.97 Å². The first kappa shape index (κ1) is 49.8. The normalized spacial score (nSPS) is 50.3. The van der Waals surface area contributed by atoms with E-state index in [9.17, 15) is 25.2 Å². The molecule has 8 saturated carbocycles. The second kappa shape index (κ2) is 16.2. The van der Waals surface area contributed by atoms with Crippen LogP contribution in [0.2, 0.25) is 0 Å². The van der Waals surface area contributed by atoms with Crippen molar-refractivity contribution < 1.29 is 34.7 Å². The molecule has 3 aromatic rings. The van der Waals surface area contributed by atoms with Crippen LogP contribution >= 0.6 is 0 Å². The summed E-state index contributed by atoms with van der Waals surface area (Å²) in [5.41, 5.74) is 1.57. The van der Waals surface area contributed by atoms with Gasteiger partial charge in [-0.2, -0.15) is 0 Å². The van der Waals surface area contributed by atoms with Crippen molar-refractivity contribution in [2.24, 2.45) is 84.7 Å². The average molecular weight is 1030 g/mol. The van der Waals surface area contributed by atoms with Crippen LogP contribution in [0, 0.1) is 96.6 Å². The zero-order chi connectivity index (χ0) is 52.3. The maximum absolute atomic E-state index is 14.6. The highest BCUT2D eigenvalue weighted by atomic mass is 16.6. The van der Waals surface area contributed by atoms with E-state index in [1.807, 2.05) is 0 Å². The molecule has 4 N–H and O–H groups in total. The molecule has 7 bridgehead atoms. The Labute approximate surface area is 453 Å². The molecule has 1 heterocycles. The Morgan fingerprint density at radius 3 is 2.42 bits per heavy atom. The number of hydrogen-bond donors (Lipinski definition) is 4. The van der Waals surface area contributed by atoms with Crippen LogP contribution in [0.4, 0.5) is 0 Å². The smallest absolute Gasteiger partial charge is 0.309 e. The number of ether oxygens (including phenoxy) is 2. The van der Waals surface area contributed by atoms with Crippen LogP contribution in [0.25, 0.3) is 10.8 Å². The number of methoxy groups -OCH3 is 1. The van der Waals surface area contributed by atoms with Gasteiger partial charge in [-0.3, -0.25) is 4.79 Å². The van der Waals surface area contributed by atoms with Crippen LogP contribution in [0.15, 0.2) is 54.6 Å². The molecular weight excluding hydrogens is 941 g/mol. The first-order valence-corrected chi connectivity index (χ1v) is 31.1. The predicted octanol–water partition coefficient (Wildman–Crippen LogP) is 12.9. The Balaban J connectivity index is 1.03. The van der Waals surface area contributed by atoms with Crippen molar-refractivity contribution >= 4 is 16.7 Å². The molecule has 0 aromatic heterocycles. The summed E-state index contributed by atoms with van der Waals surface area (Å²) in [6, 6.07) is 20.8. The monoisotopic (exact) mass is 1030 g/mol. The van der Waals surface area contributed by atoms with E-state index in [4.69, 9.17) is 9.47 Å². The maximum Gasteiger partial charge on any atom is 0.309 e. The molecule has 406 valence electrons. The number of rotatable bonds is 10. The zero-order valence-electron chi connectivity index (χ0n) is 46.7. The minimum atomic E-state index is -1.53. The summed E-state index contributed by atoms with van der Waals surface area (Å²) in [4.78, 5) is 14.6. The van der Waals surface area contributed by atoms with Crippen LogP contribution < -0.4 is 0 Å². The summed E-state index contributed by atoms with van der Waals surface area (Å²) in [7, 11) is 1.75. The van der Waals surface area contributed by atoms with Gasteiger partial charge in [0.05, 0.1) is 30.8 Å². The Morgan fingerprint density at radius 1 is 0.855 bits per heavy atom. The number of fused-ring (bicyclic) bond motifs is 5. The van der Waals surface area contributed by atoms with Crippen LogP contribution in [0.3, 0.4) is 0 Å². The SMILES string of the molecule is CCC[C@@H]1[C@@]23CC[C@@]45C#CC[C@H]([C@@H]6CC[C@@H]7CCC[C@@H]7C6)CC[C@@]67[C@@H]8[C@H]([C@H]9C[C@@]6%10C[C@@]4(Cc4ccc6cccc9c6c4%10)[C@]2(CO)[C@@H](O)C[C@]1(O)O[C@H]3Cc1ccc(CCOC)cc1)[C@](C)(C(=O)O)CC[C@]8(C)CC[C@]57C. The van der Waals surface area contributed by atoms with E-state index in [2.05, 4.69) is 94.1 Å². The van der Waals surface area contributed by atoms with Gasteiger partial charge in [0, 0.05) is 52.9 Å². The molecule has 7 heteroatoms. The maximum atomic E-state index is 14.6. The third-order valence-corrected chi connectivity index (χ3v) is 28.2. The van der Waals surface area contributed by atoms with Crippen molar-refractivity contribution in [1.29, 1.82) is 0 Å². The summed E-state index contributed by atoms with van der Waals surface area (Å²) in [6.07, 6.45) is 20.7. The van der Waals surface area contributed by atoms with Gasteiger partial charge < -0.3 is 29.9 Å². The van der Waals surface area contributed by atoms with Gasteiger partial charge in [-0.15, -0.1) is 5.92 Å². The largest absolute Gasteiger partial charge is 0.481 e. The highest BCUT2D eigenvalue weighted by Crippen LogP contribution is 2.95. The highest BCUT2D eigenvalue weighted by molar-refractivity contribution is 5.94. The predicted molar refractivity (Wildman–Crippen MR) is 295 cm³/mol. The van der Waals surface area contributed by atoms with Crippen molar-refractivity contribution in [2.45, 2.75) is 205 Å². The molecule has 12 aliphatic rings. The van der Waals surface area contributed by atoms with Crippen molar-refractivity contribution in [3.8, 4) is 11.8 Å². The number of aliphatic hydroxyl groups is 3.